The molecule has 21 heavy (non-hydrogen) atoms. The van der Waals surface area contributed by atoms with Crippen molar-refractivity contribution < 1.29 is 8.78 Å². The fourth-order valence-electron chi connectivity index (χ4n) is 2.19. The molecule has 7 heteroatoms. The Morgan fingerprint density at radius 2 is 2.00 bits per heavy atom. The minimum Gasteiger partial charge on any atom is -0.369 e. The third-order valence-electron chi connectivity index (χ3n) is 3.10. The number of fused-ring (bicyclic) bond motifs is 1. The van der Waals surface area contributed by atoms with Gasteiger partial charge in [0.05, 0.1) is 5.69 Å². The molecule has 108 valence electrons. The van der Waals surface area contributed by atoms with Crippen LogP contribution in [0, 0.1) is 6.92 Å². The topological polar surface area (TPSA) is 56.7 Å². The minimum atomic E-state index is -2.50. The summed E-state index contributed by atoms with van der Waals surface area (Å²) in [6.07, 6.45) is 1.65. The fourth-order valence-corrected chi connectivity index (χ4v) is 2.82. The zero-order chi connectivity index (χ0) is 15.0. The Bertz CT molecular complexity index is 801. The molecular weight excluding hydrogens is 294 g/mol. The first-order valence-electron chi connectivity index (χ1n) is 6.21. The van der Waals surface area contributed by atoms with Gasteiger partial charge in [0, 0.05) is 11.1 Å². The average molecular weight is 306 g/mol. The number of benzene rings is 1. The van der Waals surface area contributed by atoms with Crippen molar-refractivity contribution in [2.24, 2.45) is 0 Å². The van der Waals surface area contributed by atoms with E-state index in [0.29, 0.717) is 33.5 Å². The average Bonchev–Trinajstić information content (AvgIpc) is 2.77. The number of hydrogen-bond donors (Lipinski definition) is 1. The van der Waals surface area contributed by atoms with Gasteiger partial charge in [0.1, 0.15) is 5.52 Å². The highest BCUT2D eigenvalue weighted by Gasteiger charge is 2.17. The van der Waals surface area contributed by atoms with E-state index in [1.807, 2.05) is 13.0 Å². The van der Waals surface area contributed by atoms with Crippen molar-refractivity contribution in [2.45, 2.75) is 17.6 Å². The van der Waals surface area contributed by atoms with Gasteiger partial charge < -0.3 is 5.73 Å². The molecule has 0 bridgehead atoms. The molecule has 3 rings (SSSR count). The summed E-state index contributed by atoms with van der Waals surface area (Å²) in [4.78, 5) is 9.01. The number of para-hydroxylation sites is 1. The largest absolute Gasteiger partial charge is 0.369 e. The Kier molecular flexibility index (Phi) is 3.50. The molecule has 4 nitrogen and oxygen atoms in total. The number of aromatic nitrogens is 3. The molecule has 2 N–H and O–H groups in total. The van der Waals surface area contributed by atoms with Gasteiger partial charge in [-0.05, 0) is 30.7 Å². The number of nitrogens with two attached hydrogens (primary N) is 1. The van der Waals surface area contributed by atoms with Crippen molar-refractivity contribution in [1.29, 1.82) is 0 Å². The van der Waals surface area contributed by atoms with Gasteiger partial charge in [-0.3, -0.25) is 4.57 Å². The molecule has 1 aromatic carbocycles. The summed E-state index contributed by atoms with van der Waals surface area (Å²) in [5.41, 5.74) is 8.70. The summed E-state index contributed by atoms with van der Waals surface area (Å²) in [6, 6.07) is 8.67. The van der Waals surface area contributed by atoms with E-state index in [9.17, 15) is 8.78 Å². The van der Waals surface area contributed by atoms with Gasteiger partial charge in [-0.1, -0.05) is 23.9 Å². The summed E-state index contributed by atoms with van der Waals surface area (Å²) in [6.45, 7) is 1.90. The number of anilines is 1. The third-order valence-corrected chi connectivity index (χ3v) is 3.87. The van der Waals surface area contributed by atoms with Gasteiger partial charge in [-0.2, -0.15) is 8.78 Å². The molecule has 0 saturated heterocycles. The lowest BCUT2D eigenvalue weighted by Gasteiger charge is -2.11. The SMILES string of the molecule is Cc1ccnc2c1nc(N)n2-c1ccccc1SC(F)F. The standard InChI is InChI=1S/C14H12F2N4S/c1-8-6-7-18-12-11(8)19-14(17)20(12)9-4-2-3-5-10(9)21-13(15)16/h2-7,13H,1H3,(H2,17,19). The molecule has 0 aliphatic rings. The van der Waals surface area contributed by atoms with Crippen LogP contribution in [0.2, 0.25) is 0 Å². The number of thioether (sulfide) groups is 1. The van der Waals surface area contributed by atoms with E-state index in [2.05, 4.69) is 9.97 Å². The normalized spacial score (nSPS) is 11.4. The van der Waals surface area contributed by atoms with E-state index < -0.39 is 5.76 Å². The second-order valence-corrected chi connectivity index (χ2v) is 5.48. The summed E-state index contributed by atoms with van der Waals surface area (Å²) >= 11 is 0.479. The van der Waals surface area contributed by atoms with Crippen LogP contribution in [0.5, 0.6) is 0 Å². The Labute approximate surface area is 124 Å². The van der Waals surface area contributed by atoms with Crippen molar-refractivity contribution in [3.63, 3.8) is 0 Å². The van der Waals surface area contributed by atoms with Crippen molar-refractivity contribution in [3.05, 3.63) is 42.1 Å². The number of nitrogen functional groups attached to an aromatic ring is 1. The first-order valence-corrected chi connectivity index (χ1v) is 7.09. The smallest absolute Gasteiger partial charge is 0.288 e. The Balaban J connectivity index is 2.26. The predicted molar refractivity (Wildman–Crippen MR) is 79.9 cm³/mol. The van der Waals surface area contributed by atoms with Gasteiger partial charge >= 0.3 is 0 Å². The Morgan fingerprint density at radius 3 is 2.76 bits per heavy atom. The first-order chi connectivity index (χ1) is 10.1. The zero-order valence-electron chi connectivity index (χ0n) is 11.1. The summed E-state index contributed by atoms with van der Waals surface area (Å²) in [5, 5.41) is 0. The molecule has 0 aliphatic carbocycles. The zero-order valence-corrected chi connectivity index (χ0v) is 11.9. The van der Waals surface area contributed by atoms with Crippen molar-refractivity contribution in [2.75, 3.05) is 5.73 Å². The van der Waals surface area contributed by atoms with Gasteiger partial charge in [-0.25, -0.2) is 9.97 Å². The van der Waals surface area contributed by atoms with Crippen LogP contribution in [0.3, 0.4) is 0 Å². The second kappa shape index (κ2) is 5.33. The molecule has 3 aromatic rings. The molecule has 0 radical (unpaired) electrons. The number of halogens is 2. The van der Waals surface area contributed by atoms with Crippen LogP contribution in [-0.4, -0.2) is 20.3 Å². The van der Waals surface area contributed by atoms with E-state index in [-0.39, 0.29) is 5.95 Å². The highest BCUT2D eigenvalue weighted by molar-refractivity contribution is 7.99. The van der Waals surface area contributed by atoms with E-state index in [1.165, 1.54) is 0 Å². The maximum Gasteiger partial charge on any atom is 0.288 e. The maximum atomic E-state index is 12.7. The quantitative estimate of drug-likeness (QED) is 0.751. The van der Waals surface area contributed by atoms with Gasteiger partial charge in [-0.15, -0.1) is 0 Å². The molecule has 2 heterocycles. The lowest BCUT2D eigenvalue weighted by Crippen LogP contribution is -2.03. The Morgan fingerprint density at radius 1 is 1.24 bits per heavy atom. The van der Waals surface area contributed by atoms with E-state index in [0.717, 1.165) is 5.56 Å². The van der Waals surface area contributed by atoms with E-state index >= 15 is 0 Å². The van der Waals surface area contributed by atoms with Crippen molar-refractivity contribution in [1.82, 2.24) is 14.5 Å². The van der Waals surface area contributed by atoms with Gasteiger partial charge in [0.15, 0.2) is 5.65 Å². The van der Waals surface area contributed by atoms with Crippen LogP contribution in [0.25, 0.3) is 16.9 Å². The van der Waals surface area contributed by atoms with E-state index in [1.54, 1.807) is 35.0 Å². The molecule has 0 amide bonds. The highest BCUT2D eigenvalue weighted by atomic mass is 32.2. The molecule has 0 fully saturated rings. The number of aryl methyl sites for hydroxylation is 1. The molecule has 0 unspecified atom stereocenters. The van der Waals surface area contributed by atoms with E-state index in [4.69, 9.17) is 5.73 Å². The Hall–Kier alpha value is -2.15. The number of pyridine rings is 1. The molecule has 0 aliphatic heterocycles. The summed E-state index contributed by atoms with van der Waals surface area (Å²) in [7, 11) is 0. The summed E-state index contributed by atoms with van der Waals surface area (Å²) < 4.78 is 27.0. The molecule has 0 atom stereocenters. The number of nitrogens with zero attached hydrogens (tertiary/aromatic N) is 3. The van der Waals surface area contributed by atoms with Crippen LogP contribution in [0.4, 0.5) is 14.7 Å². The maximum absolute atomic E-state index is 12.7. The lowest BCUT2D eigenvalue weighted by molar-refractivity contribution is 0.252. The molecule has 2 aromatic heterocycles. The second-order valence-electron chi connectivity index (χ2n) is 4.45. The highest BCUT2D eigenvalue weighted by Crippen LogP contribution is 2.33. The van der Waals surface area contributed by atoms with Crippen molar-refractivity contribution in [3.8, 4) is 5.69 Å². The minimum absolute atomic E-state index is 0.231. The number of imidazole rings is 1. The van der Waals surface area contributed by atoms with Crippen LogP contribution >= 0.6 is 11.8 Å². The number of rotatable bonds is 3. The van der Waals surface area contributed by atoms with Gasteiger partial charge in [0.25, 0.3) is 5.76 Å². The number of hydrogen-bond acceptors (Lipinski definition) is 4. The van der Waals surface area contributed by atoms with Crippen LogP contribution in [-0.2, 0) is 0 Å². The van der Waals surface area contributed by atoms with Gasteiger partial charge in [0.2, 0.25) is 5.95 Å². The van der Waals surface area contributed by atoms with Crippen molar-refractivity contribution >= 4 is 28.9 Å². The third kappa shape index (κ3) is 2.44. The van der Waals surface area contributed by atoms with Crippen LogP contribution in [0.1, 0.15) is 5.56 Å². The summed E-state index contributed by atoms with van der Waals surface area (Å²) in [5.74, 6) is -2.27. The number of alkyl halides is 2. The predicted octanol–water partition coefficient (Wildman–Crippen LogP) is 3.63. The molecule has 0 spiro atoms. The fraction of sp³-hybridized carbons (Fsp3) is 0.143. The van der Waals surface area contributed by atoms with Crippen LogP contribution in [0.15, 0.2) is 41.4 Å². The molecular formula is C14H12F2N4S. The molecule has 0 saturated carbocycles. The monoisotopic (exact) mass is 306 g/mol. The lowest BCUT2D eigenvalue weighted by atomic mass is 10.2. The van der Waals surface area contributed by atoms with Crippen LogP contribution < -0.4 is 5.73 Å². The first kappa shape index (κ1) is 13.8.